The van der Waals surface area contributed by atoms with Crippen LogP contribution in [0.4, 0.5) is 13.2 Å². The van der Waals surface area contributed by atoms with E-state index in [1.165, 1.54) is 11.3 Å². The second kappa shape index (κ2) is 4.33. The molecule has 2 aromatic heterocycles. The van der Waals surface area contributed by atoms with Crippen LogP contribution in [0.15, 0.2) is 5.38 Å². The molecule has 2 aromatic rings. The van der Waals surface area contributed by atoms with Crippen LogP contribution >= 0.6 is 11.3 Å². The maximum atomic E-state index is 13.1. The van der Waals surface area contributed by atoms with Gasteiger partial charge < -0.3 is 4.57 Å². The highest BCUT2D eigenvalue weighted by atomic mass is 32.1. The van der Waals surface area contributed by atoms with E-state index in [2.05, 4.69) is 9.97 Å². The Morgan fingerprint density at radius 3 is 2.68 bits per heavy atom. The average molecular weight is 287 g/mol. The molecule has 0 amide bonds. The zero-order valence-electron chi connectivity index (χ0n) is 10.3. The van der Waals surface area contributed by atoms with E-state index in [0.717, 1.165) is 17.8 Å². The summed E-state index contributed by atoms with van der Waals surface area (Å²) in [4.78, 5) is 8.00. The van der Waals surface area contributed by atoms with Crippen molar-refractivity contribution in [1.82, 2.24) is 14.5 Å². The van der Waals surface area contributed by atoms with Crippen LogP contribution in [0.5, 0.6) is 0 Å². The zero-order chi connectivity index (χ0) is 13.6. The maximum Gasteiger partial charge on any atom is 0.435 e. The second-order valence-corrected chi connectivity index (χ2v) is 5.65. The van der Waals surface area contributed by atoms with Crippen LogP contribution in [0.1, 0.15) is 29.4 Å². The lowest BCUT2D eigenvalue weighted by atomic mass is 10.1. The number of aromatic nitrogens is 3. The first kappa shape index (κ1) is 12.7. The Balaban J connectivity index is 2.22. The number of aryl methyl sites for hydroxylation is 2. The largest absolute Gasteiger partial charge is 0.435 e. The fourth-order valence-corrected chi connectivity index (χ4v) is 3.01. The Morgan fingerprint density at radius 2 is 2.05 bits per heavy atom. The Bertz CT molecular complexity index is 612. The Kier molecular flexibility index (Phi) is 2.88. The number of imidazole rings is 1. The van der Waals surface area contributed by atoms with Crippen molar-refractivity contribution in [1.29, 1.82) is 0 Å². The Morgan fingerprint density at radius 1 is 1.26 bits per heavy atom. The molecule has 0 unspecified atom stereocenters. The van der Waals surface area contributed by atoms with Crippen LogP contribution in [0, 0.1) is 6.92 Å². The number of rotatable bonds is 1. The minimum absolute atomic E-state index is 0.131. The van der Waals surface area contributed by atoms with Gasteiger partial charge in [-0.25, -0.2) is 9.97 Å². The van der Waals surface area contributed by atoms with Crippen molar-refractivity contribution in [2.75, 3.05) is 0 Å². The van der Waals surface area contributed by atoms with E-state index in [9.17, 15) is 13.2 Å². The molecule has 0 aromatic carbocycles. The van der Waals surface area contributed by atoms with Crippen molar-refractivity contribution in [2.24, 2.45) is 0 Å². The summed E-state index contributed by atoms with van der Waals surface area (Å²) in [7, 11) is 0. The van der Waals surface area contributed by atoms with Crippen molar-refractivity contribution >= 4 is 11.3 Å². The highest BCUT2D eigenvalue weighted by Gasteiger charge is 2.40. The Hall–Kier alpha value is -1.37. The van der Waals surface area contributed by atoms with Gasteiger partial charge >= 0.3 is 6.18 Å². The summed E-state index contributed by atoms with van der Waals surface area (Å²) < 4.78 is 41.1. The molecule has 102 valence electrons. The minimum Gasteiger partial charge on any atom is -0.326 e. The third kappa shape index (κ3) is 2.16. The molecule has 0 radical (unpaired) electrons. The highest BCUT2D eigenvalue weighted by Crippen LogP contribution is 2.38. The summed E-state index contributed by atoms with van der Waals surface area (Å²) >= 11 is 1.35. The molecular weight excluding hydrogens is 275 g/mol. The van der Waals surface area contributed by atoms with E-state index in [0.29, 0.717) is 24.5 Å². The molecule has 1 aliphatic rings. The van der Waals surface area contributed by atoms with Crippen LogP contribution in [-0.2, 0) is 19.1 Å². The number of alkyl halides is 3. The van der Waals surface area contributed by atoms with Crippen LogP contribution in [0.3, 0.4) is 0 Å². The maximum absolute atomic E-state index is 13.1. The molecule has 0 saturated heterocycles. The van der Waals surface area contributed by atoms with Gasteiger partial charge in [-0.15, -0.1) is 11.3 Å². The lowest BCUT2D eigenvalue weighted by Crippen LogP contribution is -2.12. The van der Waals surface area contributed by atoms with Gasteiger partial charge in [0.2, 0.25) is 0 Å². The smallest absolute Gasteiger partial charge is 0.326 e. The number of halogens is 3. The monoisotopic (exact) mass is 287 g/mol. The van der Waals surface area contributed by atoms with Gasteiger partial charge in [-0.3, -0.25) is 0 Å². The second-order valence-electron chi connectivity index (χ2n) is 4.58. The van der Waals surface area contributed by atoms with Crippen LogP contribution in [0.2, 0.25) is 0 Å². The summed E-state index contributed by atoms with van der Waals surface area (Å²) in [6, 6.07) is 0. The SMILES string of the molecule is Cc1nc(-c2c(C(F)(F)F)nc3n2CCCC3)cs1. The van der Waals surface area contributed by atoms with Gasteiger partial charge in [0, 0.05) is 18.3 Å². The van der Waals surface area contributed by atoms with Crippen molar-refractivity contribution in [3.63, 3.8) is 0 Å². The van der Waals surface area contributed by atoms with Gasteiger partial charge in [-0.05, 0) is 19.8 Å². The number of fused-ring (bicyclic) bond motifs is 1. The normalized spacial score (nSPS) is 15.6. The third-order valence-corrected chi connectivity index (χ3v) is 3.98. The first-order valence-corrected chi connectivity index (χ1v) is 6.94. The van der Waals surface area contributed by atoms with Gasteiger partial charge in [-0.2, -0.15) is 13.2 Å². The van der Waals surface area contributed by atoms with Gasteiger partial charge in [0.15, 0.2) is 5.69 Å². The van der Waals surface area contributed by atoms with E-state index in [-0.39, 0.29) is 5.69 Å². The average Bonchev–Trinajstić information content (AvgIpc) is 2.91. The molecule has 19 heavy (non-hydrogen) atoms. The lowest BCUT2D eigenvalue weighted by Gasteiger charge is -2.15. The van der Waals surface area contributed by atoms with Crippen molar-refractivity contribution < 1.29 is 13.2 Å². The summed E-state index contributed by atoms with van der Waals surface area (Å²) in [6.45, 7) is 2.37. The molecule has 1 aliphatic heterocycles. The van der Waals surface area contributed by atoms with Crippen LogP contribution in [0.25, 0.3) is 11.4 Å². The van der Waals surface area contributed by atoms with E-state index >= 15 is 0 Å². The molecule has 7 heteroatoms. The molecule has 0 atom stereocenters. The molecule has 0 aliphatic carbocycles. The number of hydrogen-bond acceptors (Lipinski definition) is 3. The van der Waals surface area contributed by atoms with Crippen molar-refractivity contribution in [3.8, 4) is 11.4 Å². The van der Waals surface area contributed by atoms with E-state index in [1.54, 1.807) is 16.9 Å². The molecule has 3 rings (SSSR count). The van der Waals surface area contributed by atoms with Gasteiger partial charge in [0.1, 0.15) is 17.2 Å². The quantitative estimate of drug-likeness (QED) is 0.801. The fourth-order valence-electron chi connectivity index (χ4n) is 2.41. The molecule has 0 saturated carbocycles. The van der Waals surface area contributed by atoms with E-state index in [1.807, 2.05) is 0 Å². The first-order chi connectivity index (χ1) is 8.97. The number of hydrogen-bond donors (Lipinski definition) is 0. The van der Waals surface area contributed by atoms with Crippen molar-refractivity contribution in [2.45, 2.75) is 38.9 Å². The number of thiazole rings is 1. The van der Waals surface area contributed by atoms with Gasteiger partial charge in [-0.1, -0.05) is 0 Å². The van der Waals surface area contributed by atoms with Gasteiger partial charge in [0.05, 0.1) is 5.01 Å². The predicted octanol–water partition coefficient (Wildman–Crippen LogP) is 3.67. The standard InChI is InChI=1S/C12H12F3N3S/c1-7-16-8(6-19-7)10-11(12(13,14)15)17-9-4-2-3-5-18(9)10/h6H,2-5H2,1H3. The molecule has 0 bridgehead atoms. The van der Waals surface area contributed by atoms with E-state index in [4.69, 9.17) is 0 Å². The first-order valence-electron chi connectivity index (χ1n) is 6.06. The topological polar surface area (TPSA) is 30.7 Å². The van der Waals surface area contributed by atoms with Crippen molar-refractivity contribution in [3.05, 3.63) is 21.9 Å². The minimum atomic E-state index is -4.43. The molecular formula is C12H12F3N3S. The fraction of sp³-hybridized carbons (Fsp3) is 0.500. The predicted molar refractivity (Wildman–Crippen MR) is 66.0 cm³/mol. The van der Waals surface area contributed by atoms with Crippen LogP contribution in [-0.4, -0.2) is 14.5 Å². The highest BCUT2D eigenvalue weighted by molar-refractivity contribution is 7.09. The van der Waals surface area contributed by atoms with Crippen LogP contribution < -0.4 is 0 Å². The van der Waals surface area contributed by atoms with E-state index < -0.39 is 11.9 Å². The molecule has 0 spiro atoms. The number of nitrogens with zero attached hydrogens (tertiary/aromatic N) is 3. The molecule has 0 fully saturated rings. The van der Waals surface area contributed by atoms with Gasteiger partial charge in [0.25, 0.3) is 0 Å². The zero-order valence-corrected chi connectivity index (χ0v) is 11.1. The molecule has 0 N–H and O–H groups in total. The summed E-state index contributed by atoms with van der Waals surface area (Å²) in [5, 5.41) is 2.43. The lowest BCUT2D eigenvalue weighted by molar-refractivity contribution is -0.140. The summed E-state index contributed by atoms with van der Waals surface area (Å²) in [6.07, 6.45) is -2.05. The molecule has 3 nitrogen and oxygen atoms in total. The Labute approximate surface area is 112 Å². The summed E-state index contributed by atoms with van der Waals surface area (Å²) in [5.41, 5.74) is -0.281. The third-order valence-electron chi connectivity index (χ3n) is 3.21. The summed E-state index contributed by atoms with van der Waals surface area (Å²) in [5.74, 6) is 0.527. The molecule has 3 heterocycles.